The predicted molar refractivity (Wildman–Crippen MR) is 107 cm³/mol. The first kappa shape index (κ1) is 17.0. The van der Waals surface area contributed by atoms with E-state index < -0.39 is 0 Å². The molecule has 1 fully saturated rings. The number of nitrogens with one attached hydrogen (secondary N) is 2. The van der Waals surface area contributed by atoms with Crippen LogP contribution in [-0.2, 0) is 0 Å². The Morgan fingerprint density at radius 3 is 2.81 bits per heavy atom. The van der Waals surface area contributed by atoms with Gasteiger partial charge in [0.1, 0.15) is 11.2 Å². The lowest BCUT2D eigenvalue weighted by molar-refractivity contribution is 0.496. The van der Waals surface area contributed by atoms with Gasteiger partial charge in [0.05, 0.1) is 5.52 Å². The van der Waals surface area contributed by atoms with E-state index in [0.29, 0.717) is 22.7 Å². The number of nitrogens with two attached hydrogens (primary N) is 1. The van der Waals surface area contributed by atoms with Gasteiger partial charge in [0, 0.05) is 35.5 Å². The Bertz CT molecular complexity index is 996. The number of hydrogen-bond acceptors (Lipinski definition) is 6. The summed E-state index contributed by atoms with van der Waals surface area (Å²) in [5, 5.41) is 3.71. The molecule has 0 aliphatic carbocycles. The summed E-state index contributed by atoms with van der Waals surface area (Å²) in [7, 11) is 0. The average molecular weight is 415 g/mol. The normalized spacial score (nSPS) is 15.4. The minimum Gasteiger partial charge on any atom is -0.341 e. The van der Waals surface area contributed by atoms with E-state index in [1.54, 1.807) is 12.3 Å². The van der Waals surface area contributed by atoms with Crippen molar-refractivity contribution in [3.05, 3.63) is 51.4 Å². The van der Waals surface area contributed by atoms with Gasteiger partial charge < -0.3 is 20.9 Å². The highest BCUT2D eigenvalue weighted by Crippen LogP contribution is 2.26. The van der Waals surface area contributed by atoms with Crippen LogP contribution in [0.3, 0.4) is 0 Å². The lowest BCUT2D eigenvalue weighted by atomic mass is 10.1. The Morgan fingerprint density at radius 1 is 1.23 bits per heavy atom. The summed E-state index contributed by atoms with van der Waals surface area (Å²) in [5.74, 6) is 1.12. The average Bonchev–Trinajstić information content (AvgIpc) is 2.62. The van der Waals surface area contributed by atoms with Crippen molar-refractivity contribution in [2.75, 3.05) is 23.3 Å². The third-order valence-electron chi connectivity index (χ3n) is 4.52. The van der Waals surface area contributed by atoms with E-state index in [4.69, 9.17) is 5.73 Å². The quantitative estimate of drug-likeness (QED) is 0.609. The van der Waals surface area contributed by atoms with Crippen molar-refractivity contribution >= 4 is 44.3 Å². The zero-order valence-corrected chi connectivity index (χ0v) is 15.7. The van der Waals surface area contributed by atoms with Crippen LogP contribution in [0.25, 0.3) is 10.9 Å². The van der Waals surface area contributed by atoms with Crippen molar-refractivity contribution in [2.45, 2.75) is 18.9 Å². The molecule has 0 atom stereocenters. The Kier molecular flexibility index (Phi) is 4.60. The van der Waals surface area contributed by atoms with Crippen LogP contribution < -0.4 is 21.5 Å². The molecule has 0 radical (unpaired) electrons. The number of rotatable bonds is 3. The summed E-state index contributed by atoms with van der Waals surface area (Å²) in [4.78, 5) is 26.5. The molecule has 1 aromatic carbocycles. The fourth-order valence-corrected chi connectivity index (χ4v) is 3.51. The molecule has 3 heterocycles. The van der Waals surface area contributed by atoms with Gasteiger partial charge in [-0.15, -0.1) is 0 Å². The number of halogens is 1. The summed E-state index contributed by atoms with van der Waals surface area (Å²) in [6, 6.07) is 9.75. The highest BCUT2D eigenvalue weighted by molar-refractivity contribution is 9.10. The van der Waals surface area contributed by atoms with Gasteiger partial charge in [0.25, 0.3) is 5.56 Å². The van der Waals surface area contributed by atoms with Crippen LogP contribution in [0.4, 0.5) is 17.5 Å². The first-order valence-electron chi connectivity index (χ1n) is 8.53. The van der Waals surface area contributed by atoms with Gasteiger partial charge in [-0.1, -0.05) is 22.0 Å². The smallest absolute Gasteiger partial charge is 0.261 e. The monoisotopic (exact) mass is 414 g/mol. The molecule has 7 nitrogen and oxygen atoms in total. The van der Waals surface area contributed by atoms with Gasteiger partial charge in [0.15, 0.2) is 0 Å². The summed E-state index contributed by atoms with van der Waals surface area (Å²) in [6.45, 7) is 1.62. The van der Waals surface area contributed by atoms with Gasteiger partial charge in [-0.3, -0.25) is 4.79 Å². The number of aromatic nitrogens is 3. The number of aromatic amines is 1. The molecule has 0 unspecified atom stereocenters. The van der Waals surface area contributed by atoms with E-state index in [1.807, 2.05) is 24.3 Å². The molecule has 1 aliphatic heterocycles. The number of hydrogen-bond donors (Lipinski definition) is 3. The van der Waals surface area contributed by atoms with E-state index in [-0.39, 0.29) is 11.6 Å². The summed E-state index contributed by atoms with van der Waals surface area (Å²) in [5.41, 5.74) is 7.25. The molecule has 0 saturated carbocycles. The first-order chi connectivity index (χ1) is 12.6. The molecular formula is C18H19BrN6O. The molecule has 4 N–H and O–H groups in total. The van der Waals surface area contributed by atoms with Crippen LogP contribution >= 0.6 is 15.9 Å². The van der Waals surface area contributed by atoms with Crippen LogP contribution in [0.1, 0.15) is 12.8 Å². The van der Waals surface area contributed by atoms with Gasteiger partial charge in [-0.2, -0.15) is 4.98 Å². The molecule has 8 heteroatoms. The number of fused-ring (bicyclic) bond motifs is 1. The second-order valence-corrected chi connectivity index (χ2v) is 7.31. The number of pyridine rings is 1. The van der Waals surface area contributed by atoms with E-state index in [9.17, 15) is 4.79 Å². The molecule has 26 heavy (non-hydrogen) atoms. The highest BCUT2D eigenvalue weighted by atomic mass is 79.9. The zero-order valence-electron chi connectivity index (χ0n) is 14.1. The number of nitrogens with zero attached hydrogens (tertiary/aromatic N) is 3. The Morgan fingerprint density at radius 2 is 2.04 bits per heavy atom. The van der Waals surface area contributed by atoms with Crippen LogP contribution in [0, 0.1) is 0 Å². The topological polar surface area (TPSA) is 99.9 Å². The Balaban J connectivity index is 1.79. The standard InChI is InChI=1S/C18H19BrN6O/c19-11-2-1-3-13(10-11)22-16-15-14(4-7-21-17(15)26)23-18(24-16)25-8-5-12(20)6-9-25/h1-4,7,10,12H,5-6,8-9,20H2,(H,21,26)(H,22,23,24). The van der Waals surface area contributed by atoms with Crippen molar-refractivity contribution < 1.29 is 0 Å². The van der Waals surface area contributed by atoms with E-state index in [1.165, 1.54) is 0 Å². The first-order valence-corrected chi connectivity index (χ1v) is 9.32. The third kappa shape index (κ3) is 3.42. The minimum atomic E-state index is -0.216. The largest absolute Gasteiger partial charge is 0.341 e. The lowest BCUT2D eigenvalue weighted by Gasteiger charge is -2.30. The molecule has 3 aromatic rings. The maximum absolute atomic E-state index is 12.4. The van der Waals surface area contributed by atoms with Gasteiger partial charge >= 0.3 is 0 Å². The second kappa shape index (κ2) is 7.05. The van der Waals surface area contributed by atoms with Gasteiger partial charge in [-0.25, -0.2) is 4.98 Å². The third-order valence-corrected chi connectivity index (χ3v) is 5.01. The van der Waals surface area contributed by atoms with Gasteiger partial charge in [-0.05, 0) is 37.1 Å². The number of H-pyrrole nitrogens is 1. The van der Waals surface area contributed by atoms with Crippen molar-refractivity contribution in [1.82, 2.24) is 15.0 Å². The maximum Gasteiger partial charge on any atom is 0.261 e. The number of benzene rings is 1. The highest BCUT2D eigenvalue weighted by Gasteiger charge is 2.20. The SMILES string of the molecule is NC1CCN(c2nc(Nc3cccc(Br)c3)c3c(=O)[nH]ccc3n2)CC1. The van der Waals surface area contributed by atoms with Crippen LogP contribution in [0.15, 0.2) is 45.8 Å². The second-order valence-electron chi connectivity index (χ2n) is 6.40. The number of anilines is 3. The number of piperidine rings is 1. The molecule has 0 spiro atoms. The summed E-state index contributed by atoms with van der Waals surface area (Å²) < 4.78 is 0.944. The predicted octanol–water partition coefficient (Wildman–Crippen LogP) is 2.75. The lowest BCUT2D eigenvalue weighted by Crippen LogP contribution is -2.40. The van der Waals surface area contributed by atoms with Crippen molar-refractivity contribution in [3.8, 4) is 0 Å². The minimum absolute atomic E-state index is 0.216. The maximum atomic E-state index is 12.4. The summed E-state index contributed by atoms with van der Waals surface area (Å²) >= 11 is 3.46. The van der Waals surface area contributed by atoms with Crippen LogP contribution in [0.2, 0.25) is 0 Å². The van der Waals surface area contributed by atoms with E-state index in [0.717, 1.165) is 36.1 Å². The van der Waals surface area contributed by atoms with E-state index in [2.05, 4.69) is 41.1 Å². The molecule has 0 bridgehead atoms. The molecule has 2 aromatic heterocycles. The Hall–Kier alpha value is -2.45. The Labute approximate surface area is 158 Å². The molecular weight excluding hydrogens is 396 g/mol. The van der Waals surface area contributed by atoms with Crippen molar-refractivity contribution in [3.63, 3.8) is 0 Å². The van der Waals surface area contributed by atoms with E-state index >= 15 is 0 Å². The fraction of sp³-hybridized carbons (Fsp3) is 0.278. The van der Waals surface area contributed by atoms with Crippen LogP contribution in [0.5, 0.6) is 0 Å². The van der Waals surface area contributed by atoms with Crippen molar-refractivity contribution in [2.24, 2.45) is 5.73 Å². The zero-order chi connectivity index (χ0) is 18.1. The molecule has 1 saturated heterocycles. The van der Waals surface area contributed by atoms with Crippen molar-refractivity contribution in [1.29, 1.82) is 0 Å². The molecule has 0 amide bonds. The fourth-order valence-electron chi connectivity index (χ4n) is 3.11. The molecule has 134 valence electrons. The van der Waals surface area contributed by atoms with Crippen LogP contribution in [-0.4, -0.2) is 34.1 Å². The molecule has 1 aliphatic rings. The summed E-state index contributed by atoms with van der Waals surface area (Å²) in [6.07, 6.45) is 3.42. The van der Waals surface area contributed by atoms with Gasteiger partial charge in [0.2, 0.25) is 5.95 Å². The molecule has 4 rings (SSSR count).